The van der Waals surface area contributed by atoms with Gasteiger partial charge in [0.05, 0.1) is 17.7 Å². The van der Waals surface area contributed by atoms with Crippen molar-refractivity contribution >= 4 is 27.5 Å². The summed E-state index contributed by atoms with van der Waals surface area (Å²) in [5.41, 5.74) is 3.99. The number of carbonyl (C=O) groups excluding carboxylic acids is 2. The van der Waals surface area contributed by atoms with Gasteiger partial charge in [-0.2, -0.15) is 0 Å². The van der Waals surface area contributed by atoms with E-state index in [1.165, 1.54) is 4.90 Å². The maximum absolute atomic E-state index is 14.1. The third kappa shape index (κ3) is 7.88. The molecule has 2 amide bonds. The molecule has 0 bridgehead atoms. The van der Waals surface area contributed by atoms with E-state index in [1.54, 1.807) is 55.6 Å². The highest BCUT2D eigenvalue weighted by atomic mass is 32.2. The Hall–Kier alpha value is -3.85. The van der Waals surface area contributed by atoms with Gasteiger partial charge in [-0.1, -0.05) is 42.8 Å². The van der Waals surface area contributed by atoms with Crippen molar-refractivity contribution in [1.29, 1.82) is 0 Å². The molecule has 3 rings (SSSR count). The van der Waals surface area contributed by atoms with E-state index >= 15 is 0 Å². The largest absolute Gasteiger partial charge is 0.497 e. The van der Waals surface area contributed by atoms with E-state index in [4.69, 9.17) is 4.74 Å². The summed E-state index contributed by atoms with van der Waals surface area (Å²) in [7, 11) is -2.54. The zero-order chi connectivity index (χ0) is 30.3. The molecule has 1 N–H and O–H groups in total. The van der Waals surface area contributed by atoms with Crippen LogP contribution in [0.25, 0.3) is 0 Å². The highest BCUT2D eigenvalue weighted by Crippen LogP contribution is 2.27. The van der Waals surface area contributed by atoms with Crippen molar-refractivity contribution in [2.45, 2.75) is 71.5 Å². The number of amides is 2. The smallest absolute Gasteiger partial charge is 0.264 e. The monoisotopic (exact) mass is 579 g/mol. The highest BCUT2D eigenvalue weighted by Gasteiger charge is 2.34. The van der Waals surface area contributed by atoms with Crippen LogP contribution in [-0.4, -0.2) is 50.9 Å². The first-order chi connectivity index (χ1) is 19.4. The van der Waals surface area contributed by atoms with Gasteiger partial charge in [0.25, 0.3) is 10.0 Å². The van der Waals surface area contributed by atoms with E-state index in [0.29, 0.717) is 17.9 Å². The van der Waals surface area contributed by atoms with Gasteiger partial charge >= 0.3 is 0 Å². The quantitative estimate of drug-likeness (QED) is 0.320. The molecule has 0 aromatic heterocycles. The Morgan fingerprint density at radius 1 is 0.902 bits per heavy atom. The van der Waals surface area contributed by atoms with Gasteiger partial charge in [-0.15, -0.1) is 0 Å². The Balaban J connectivity index is 2.08. The fourth-order valence-corrected chi connectivity index (χ4v) is 5.88. The normalized spacial score (nSPS) is 12.1. The predicted molar refractivity (Wildman–Crippen MR) is 163 cm³/mol. The SMILES string of the molecule is CCC(C(=O)NC(C)C)N(Cc1ccc(OC)cc1)C(=O)CN(c1ccc(C)c(C)c1)S(=O)(=O)c1ccc(C)cc1. The predicted octanol–water partition coefficient (Wildman–Crippen LogP) is 5.15. The van der Waals surface area contributed by atoms with E-state index in [0.717, 1.165) is 26.6 Å². The molecule has 0 aliphatic heterocycles. The summed E-state index contributed by atoms with van der Waals surface area (Å²) < 4.78 is 34.4. The van der Waals surface area contributed by atoms with Gasteiger partial charge < -0.3 is 15.0 Å². The number of ether oxygens (including phenoxy) is 1. The lowest BCUT2D eigenvalue weighted by Gasteiger charge is -2.33. The van der Waals surface area contributed by atoms with E-state index in [2.05, 4.69) is 5.32 Å². The van der Waals surface area contributed by atoms with Crippen molar-refractivity contribution in [2.24, 2.45) is 0 Å². The highest BCUT2D eigenvalue weighted by molar-refractivity contribution is 7.92. The first kappa shape index (κ1) is 31.7. The van der Waals surface area contributed by atoms with E-state index in [9.17, 15) is 18.0 Å². The molecular formula is C32H41N3O5S. The van der Waals surface area contributed by atoms with Crippen LogP contribution in [0.3, 0.4) is 0 Å². The van der Waals surface area contributed by atoms with Crippen LogP contribution in [0.1, 0.15) is 49.4 Å². The lowest BCUT2D eigenvalue weighted by molar-refractivity contribution is -0.140. The van der Waals surface area contributed by atoms with Gasteiger partial charge in [0.15, 0.2) is 0 Å². The number of benzene rings is 3. The molecule has 1 atom stereocenters. The number of hydrogen-bond donors (Lipinski definition) is 1. The summed E-state index contributed by atoms with van der Waals surface area (Å²) in [6.07, 6.45) is 0.356. The molecule has 9 heteroatoms. The van der Waals surface area contributed by atoms with Crippen LogP contribution in [0.4, 0.5) is 5.69 Å². The Bertz CT molecular complexity index is 1450. The van der Waals surface area contributed by atoms with Gasteiger partial charge in [0.2, 0.25) is 11.8 Å². The van der Waals surface area contributed by atoms with Gasteiger partial charge in [0, 0.05) is 12.6 Å². The number of hydrogen-bond acceptors (Lipinski definition) is 5. The zero-order valence-corrected chi connectivity index (χ0v) is 25.8. The molecule has 220 valence electrons. The topological polar surface area (TPSA) is 96.0 Å². The Labute approximate surface area is 244 Å². The second kappa shape index (κ2) is 13.7. The summed E-state index contributed by atoms with van der Waals surface area (Å²) in [5.74, 6) is -0.106. The molecule has 8 nitrogen and oxygen atoms in total. The summed E-state index contributed by atoms with van der Waals surface area (Å²) in [6, 6.07) is 18.2. The number of carbonyl (C=O) groups is 2. The molecule has 0 spiro atoms. The van der Waals surface area contributed by atoms with Crippen LogP contribution < -0.4 is 14.4 Å². The average molecular weight is 580 g/mol. The van der Waals surface area contributed by atoms with Crippen molar-refractivity contribution in [3.05, 3.63) is 89.0 Å². The maximum Gasteiger partial charge on any atom is 0.264 e. The lowest BCUT2D eigenvalue weighted by atomic mass is 10.1. The molecule has 0 heterocycles. The van der Waals surface area contributed by atoms with E-state index < -0.39 is 28.5 Å². The fraction of sp³-hybridized carbons (Fsp3) is 0.375. The Kier molecular flexibility index (Phi) is 10.6. The first-order valence-corrected chi connectivity index (χ1v) is 15.2. The van der Waals surface area contributed by atoms with Crippen LogP contribution in [-0.2, 0) is 26.2 Å². The second-order valence-corrected chi connectivity index (χ2v) is 12.4. The molecule has 41 heavy (non-hydrogen) atoms. The molecule has 0 aliphatic rings. The van der Waals surface area contributed by atoms with Crippen LogP contribution in [0.5, 0.6) is 5.75 Å². The van der Waals surface area contributed by atoms with Crippen LogP contribution in [0, 0.1) is 20.8 Å². The Morgan fingerprint density at radius 3 is 2.07 bits per heavy atom. The summed E-state index contributed by atoms with van der Waals surface area (Å²) in [5, 5.41) is 2.91. The second-order valence-electron chi connectivity index (χ2n) is 10.6. The number of rotatable bonds is 12. The minimum Gasteiger partial charge on any atom is -0.497 e. The molecule has 3 aromatic rings. The lowest BCUT2D eigenvalue weighted by Crippen LogP contribution is -2.53. The van der Waals surface area contributed by atoms with Gasteiger partial charge in [-0.3, -0.25) is 13.9 Å². The number of methoxy groups -OCH3 is 1. The minimum atomic E-state index is -4.11. The van der Waals surface area contributed by atoms with E-state index in [-0.39, 0.29) is 23.4 Å². The third-order valence-corrected chi connectivity index (χ3v) is 8.78. The molecule has 0 aliphatic carbocycles. The summed E-state index contributed by atoms with van der Waals surface area (Å²) >= 11 is 0. The van der Waals surface area contributed by atoms with Crippen molar-refractivity contribution in [1.82, 2.24) is 10.2 Å². The van der Waals surface area contributed by atoms with Crippen LogP contribution in [0.15, 0.2) is 71.6 Å². The maximum atomic E-state index is 14.1. The minimum absolute atomic E-state index is 0.0837. The third-order valence-electron chi connectivity index (χ3n) is 7.00. The number of nitrogens with zero attached hydrogens (tertiary/aromatic N) is 2. The van der Waals surface area contributed by atoms with Crippen molar-refractivity contribution in [3.63, 3.8) is 0 Å². The number of nitrogens with one attached hydrogen (secondary N) is 1. The molecular weight excluding hydrogens is 538 g/mol. The standard InChI is InChI=1S/C32H41N3O5S/c1-8-30(32(37)33-22(2)3)34(20-26-12-15-28(40-7)16-13-26)31(36)21-35(27-14-11-24(5)25(6)19-27)41(38,39)29-17-9-23(4)10-18-29/h9-19,22,30H,8,20-21H2,1-7H3,(H,33,37). The number of sulfonamides is 1. The number of aryl methyl sites for hydroxylation is 3. The fourth-order valence-electron chi connectivity index (χ4n) is 4.47. The van der Waals surface area contributed by atoms with Crippen LogP contribution >= 0.6 is 0 Å². The van der Waals surface area contributed by atoms with Gasteiger partial charge in [0.1, 0.15) is 18.3 Å². The summed E-state index contributed by atoms with van der Waals surface area (Å²) in [4.78, 5) is 29.0. The van der Waals surface area contributed by atoms with Crippen molar-refractivity contribution in [3.8, 4) is 5.75 Å². The molecule has 0 saturated carbocycles. The van der Waals surface area contributed by atoms with Gasteiger partial charge in [-0.25, -0.2) is 8.42 Å². The molecule has 3 aromatic carbocycles. The molecule has 0 saturated heterocycles. The van der Waals surface area contributed by atoms with Gasteiger partial charge in [-0.05, 0) is 94.1 Å². The zero-order valence-electron chi connectivity index (χ0n) is 25.0. The number of anilines is 1. The molecule has 0 fully saturated rings. The van der Waals surface area contributed by atoms with Crippen LogP contribution in [0.2, 0.25) is 0 Å². The van der Waals surface area contributed by atoms with E-state index in [1.807, 2.05) is 59.7 Å². The molecule has 1 unspecified atom stereocenters. The Morgan fingerprint density at radius 2 is 1.54 bits per heavy atom. The average Bonchev–Trinajstić information content (AvgIpc) is 2.93. The summed E-state index contributed by atoms with van der Waals surface area (Å²) in [6.45, 7) is 10.9. The molecule has 0 radical (unpaired) electrons. The first-order valence-electron chi connectivity index (χ1n) is 13.8. The van der Waals surface area contributed by atoms with Crippen molar-refractivity contribution < 1.29 is 22.7 Å². The van der Waals surface area contributed by atoms with Crippen molar-refractivity contribution in [2.75, 3.05) is 18.0 Å².